The van der Waals surface area contributed by atoms with Crippen LogP contribution in [-0.4, -0.2) is 132 Å². The number of para-hydroxylation sites is 1. The third-order valence-electron chi connectivity index (χ3n) is 13.8. The molecule has 2 bridgehead atoms. The molecule has 0 radical (unpaired) electrons. The first kappa shape index (κ1) is 45.9. The highest BCUT2D eigenvalue weighted by Crippen LogP contribution is 2.39. The number of phenolic OH excluding ortho intramolecular Hbond substituents is 1. The summed E-state index contributed by atoms with van der Waals surface area (Å²) in [6.45, 7) is 11.0. The van der Waals surface area contributed by atoms with Gasteiger partial charge in [-0.15, -0.1) is 21.5 Å². The van der Waals surface area contributed by atoms with Gasteiger partial charge in [-0.25, -0.2) is 15.0 Å². The topological polar surface area (TPSA) is 219 Å². The lowest BCUT2D eigenvalue weighted by molar-refractivity contribution is -0.144. The molecule has 0 saturated carbocycles. The number of likely N-dealkylation sites (tertiary alicyclic amines) is 2. The van der Waals surface area contributed by atoms with Crippen molar-refractivity contribution in [1.29, 1.82) is 0 Å². The second-order valence-corrected chi connectivity index (χ2v) is 20.4. The van der Waals surface area contributed by atoms with E-state index in [1.807, 2.05) is 88.1 Å². The molecule has 9 rings (SSSR count). The zero-order valence-electron chi connectivity index (χ0n) is 38.5. The van der Waals surface area contributed by atoms with Crippen molar-refractivity contribution in [3.8, 4) is 27.4 Å². The van der Waals surface area contributed by atoms with Gasteiger partial charge in [-0.2, -0.15) is 0 Å². The number of nitrogens with zero attached hydrogens (tertiary/aromatic N) is 9. The van der Waals surface area contributed by atoms with Crippen molar-refractivity contribution in [2.24, 2.45) is 5.41 Å². The second-order valence-electron chi connectivity index (χ2n) is 19.5. The largest absolute Gasteiger partial charge is 0.507 e. The first-order valence-electron chi connectivity index (χ1n) is 23.2. The smallest absolute Gasteiger partial charge is 0.246 e. The molecule has 4 aliphatic heterocycles. The number of aromatic hydroxyl groups is 1. The van der Waals surface area contributed by atoms with Gasteiger partial charge in [0.15, 0.2) is 5.82 Å². The van der Waals surface area contributed by atoms with Crippen LogP contribution in [0.15, 0.2) is 72.5 Å². The van der Waals surface area contributed by atoms with E-state index in [1.54, 1.807) is 23.5 Å². The van der Waals surface area contributed by atoms with Crippen molar-refractivity contribution in [3.05, 3.63) is 89.3 Å². The predicted octanol–water partition coefficient (Wildman–Crippen LogP) is 4.50. The van der Waals surface area contributed by atoms with Crippen molar-refractivity contribution < 1.29 is 24.6 Å². The van der Waals surface area contributed by atoms with Crippen LogP contribution in [0.2, 0.25) is 0 Å². The van der Waals surface area contributed by atoms with Gasteiger partial charge in [0.05, 0.1) is 40.1 Å². The molecule has 0 spiro atoms. The quantitative estimate of drug-likeness (QED) is 0.116. The number of aliphatic hydroxyl groups is 1. The fourth-order valence-corrected chi connectivity index (χ4v) is 11.0. The number of hydrogen-bond donors (Lipinski definition) is 5. The molecule has 352 valence electrons. The number of phenols is 1. The number of nitrogen functional groups attached to an aromatic ring is 1. The Morgan fingerprint density at radius 1 is 0.925 bits per heavy atom. The average molecular weight is 929 g/mol. The summed E-state index contributed by atoms with van der Waals surface area (Å²) in [6, 6.07) is 15.6. The molecular formula is C49H60N12O5S. The number of piperazine rings is 1. The minimum atomic E-state index is -0.900. The minimum Gasteiger partial charge on any atom is -0.507 e. The second kappa shape index (κ2) is 19.2. The lowest BCUT2D eigenvalue weighted by Crippen LogP contribution is -2.58. The lowest BCUT2D eigenvalue weighted by Gasteiger charge is -2.42. The molecule has 67 heavy (non-hydrogen) atoms. The Bertz CT molecular complexity index is 2560. The first-order chi connectivity index (χ1) is 32.2. The number of carbonyl (C=O) groups excluding carboxylic acids is 3. The van der Waals surface area contributed by atoms with E-state index in [1.165, 1.54) is 4.90 Å². The average Bonchev–Trinajstić information content (AvgIpc) is 4.01. The molecule has 18 heteroatoms. The van der Waals surface area contributed by atoms with Gasteiger partial charge in [0.2, 0.25) is 23.7 Å². The highest BCUT2D eigenvalue weighted by atomic mass is 32.1. The molecule has 3 aromatic heterocycles. The van der Waals surface area contributed by atoms with Gasteiger partial charge in [-0.3, -0.25) is 19.3 Å². The molecular weight excluding hydrogens is 869 g/mol. The number of piperidine rings is 1. The minimum absolute atomic E-state index is 0.0156. The van der Waals surface area contributed by atoms with Crippen LogP contribution in [0.1, 0.15) is 75.6 Å². The number of hydrogen-bond acceptors (Lipinski definition) is 15. The maximum atomic E-state index is 14.2. The molecule has 3 amide bonds. The fourth-order valence-electron chi connectivity index (χ4n) is 10.2. The van der Waals surface area contributed by atoms with Gasteiger partial charge in [0, 0.05) is 62.6 Å². The summed E-state index contributed by atoms with van der Waals surface area (Å²) in [5.74, 6) is 0.497. The number of fused-ring (bicyclic) bond motifs is 2. The van der Waals surface area contributed by atoms with E-state index in [9.17, 15) is 24.6 Å². The third kappa shape index (κ3) is 9.92. The molecule has 6 N–H and O–H groups in total. The van der Waals surface area contributed by atoms with Crippen LogP contribution >= 0.6 is 11.3 Å². The van der Waals surface area contributed by atoms with E-state index >= 15 is 0 Å². The summed E-state index contributed by atoms with van der Waals surface area (Å²) in [6.07, 6.45) is 6.88. The predicted molar refractivity (Wildman–Crippen MR) is 257 cm³/mol. The lowest BCUT2D eigenvalue weighted by atomic mass is 9.85. The fraction of sp³-hybridized carbons (Fsp3) is 0.469. The zero-order chi connectivity index (χ0) is 47.0. The molecule has 3 unspecified atom stereocenters. The zero-order valence-corrected chi connectivity index (χ0v) is 39.3. The molecule has 2 aromatic carbocycles. The molecule has 17 nitrogen and oxygen atoms in total. The number of β-amino-alcohol motifs (C(OH)–C–C–N with tert-alkyl or cyclic N) is 1. The molecule has 5 atom stereocenters. The van der Waals surface area contributed by atoms with Crippen LogP contribution in [0.25, 0.3) is 21.7 Å². The summed E-state index contributed by atoms with van der Waals surface area (Å²) in [4.78, 5) is 64.8. The van der Waals surface area contributed by atoms with Crippen molar-refractivity contribution in [2.45, 2.75) is 103 Å². The highest BCUT2D eigenvalue weighted by Gasteiger charge is 2.45. The molecule has 7 heterocycles. The monoisotopic (exact) mass is 928 g/mol. The Morgan fingerprint density at radius 2 is 1.63 bits per heavy atom. The summed E-state index contributed by atoms with van der Waals surface area (Å²) in [5.41, 5.74) is 13.5. The molecule has 4 saturated heterocycles. The Balaban J connectivity index is 0.760. The van der Waals surface area contributed by atoms with E-state index in [-0.39, 0.29) is 67.5 Å². The molecule has 5 aromatic rings. The Hall–Kier alpha value is -6.24. The number of thiazole rings is 1. The standard InChI is InChI=1S/C49H60N12O5S/c1-29-43(67-28-54-29)32-11-9-30(10-12-32)21-51-46(65)40-19-36(62)26-60(40)47(66)44(49(2,3)4)55-42(64)27-58-17-15-31(16-18-58)33-22-52-48(53-23-33)61-34-13-14-35(61)25-59(24-34)39-20-38(56-57-45(39)50)37-7-5-6-8-41(37)63/h5-12,20,22-23,28,31,34-36,40,44,62-63H,13-19,21,24-27H2,1-4H3,(H2,50,57)(H,51,65)(H,55,64)/t34?,35?,36-,40+,44?/m1/s1. The summed E-state index contributed by atoms with van der Waals surface area (Å²) < 4.78 is 0. The number of rotatable bonds is 12. The molecule has 4 fully saturated rings. The van der Waals surface area contributed by atoms with Crippen LogP contribution in [0, 0.1) is 12.3 Å². The van der Waals surface area contributed by atoms with Crippen LogP contribution in [0.4, 0.5) is 17.5 Å². The van der Waals surface area contributed by atoms with Gasteiger partial charge < -0.3 is 41.3 Å². The summed E-state index contributed by atoms with van der Waals surface area (Å²) in [5, 5.41) is 35.6. The van der Waals surface area contributed by atoms with Crippen LogP contribution < -0.4 is 26.2 Å². The third-order valence-corrected chi connectivity index (χ3v) is 14.8. The van der Waals surface area contributed by atoms with E-state index in [0.717, 1.165) is 77.7 Å². The van der Waals surface area contributed by atoms with Gasteiger partial charge in [-0.1, -0.05) is 57.2 Å². The highest BCUT2D eigenvalue weighted by molar-refractivity contribution is 7.13. The normalized spacial score (nSPS) is 21.7. The van der Waals surface area contributed by atoms with Crippen molar-refractivity contribution in [2.75, 3.05) is 54.8 Å². The summed E-state index contributed by atoms with van der Waals surface area (Å²) >= 11 is 1.58. The number of nitrogens with two attached hydrogens (primary N) is 1. The Morgan fingerprint density at radius 3 is 2.28 bits per heavy atom. The SMILES string of the molecule is Cc1ncsc1-c1ccc(CNC(=O)[C@@H]2C[C@@H](O)CN2C(=O)C(NC(=O)CN2CCC(c3cnc(N4C5CCC4CN(c4cc(-c6ccccc6O)nnc4N)C5)nc3)CC2)C(C)(C)C)cc1. The van der Waals surface area contributed by atoms with Crippen molar-refractivity contribution >= 4 is 46.5 Å². The van der Waals surface area contributed by atoms with Crippen molar-refractivity contribution in [1.82, 2.24) is 45.6 Å². The van der Waals surface area contributed by atoms with Gasteiger partial charge in [0.1, 0.15) is 17.8 Å². The van der Waals surface area contributed by atoms with Crippen LogP contribution in [-0.2, 0) is 20.9 Å². The van der Waals surface area contributed by atoms with Crippen LogP contribution in [0.5, 0.6) is 5.75 Å². The number of nitrogens with one attached hydrogen (secondary N) is 2. The number of aliphatic hydroxyl groups excluding tert-OH is 1. The van der Waals surface area contributed by atoms with Gasteiger partial charge in [0.25, 0.3) is 0 Å². The van der Waals surface area contributed by atoms with Gasteiger partial charge >= 0.3 is 0 Å². The number of carbonyl (C=O) groups is 3. The van der Waals surface area contributed by atoms with E-state index in [0.29, 0.717) is 30.2 Å². The van der Waals surface area contributed by atoms with E-state index in [4.69, 9.17) is 15.7 Å². The number of aromatic nitrogens is 5. The van der Waals surface area contributed by atoms with E-state index in [2.05, 4.69) is 40.5 Å². The van der Waals surface area contributed by atoms with Crippen LogP contribution in [0.3, 0.4) is 0 Å². The Kier molecular flexibility index (Phi) is 13.1. The number of anilines is 3. The maximum absolute atomic E-state index is 14.2. The number of benzene rings is 2. The molecule has 4 aliphatic rings. The van der Waals surface area contributed by atoms with E-state index < -0.39 is 23.6 Å². The summed E-state index contributed by atoms with van der Waals surface area (Å²) in [7, 11) is 0. The molecule has 0 aliphatic carbocycles. The van der Waals surface area contributed by atoms with Crippen molar-refractivity contribution in [3.63, 3.8) is 0 Å². The number of aryl methyl sites for hydroxylation is 1. The van der Waals surface area contributed by atoms with Gasteiger partial charge in [-0.05, 0) is 91.9 Å². The first-order valence-corrected chi connectivity index (χ1v) is 24.1. The maximum Gasteiger partial charge on any atom is 0.246 e. The number of amides is 3. The Labute approximate surface area is 394 Å².